The normalized spacial score (nSPS) is 33.6. The zero-order valence-corrected chi connectivity index (χ0v) is 7.61. The molecule has 3 rings (SSSR count). The summed E-state index contributed by atoms with van der Waals surface area (Å²) < 4.78 is 5.17. The molecule has 1 fully saturated rings. The molecule has 1 aliphatic carbocycles. The van der Waals surface area contributed by atoms with Crippen molar-refractivity contribution in [3.05, 3.63) is 35.4 Å². The van der Waals surface area contributed by atoms with Crippen LogP contribution < -0.4 is 0 Å². The van der Waals surface area contributed by atoms with Crippen LogP contribution in [0.3, 0.4) is 0 Å². The highest BCUT2D eigenvalue weighted by Gasteiger charge is 2.65. The molecule has 3 heteroatoms. The Kier molecular flexibility index (Phi) is 1.19. The molecule has 0 radical (unpaired) electrons. The van der Waals surface area contributed by atoms with Crippen LogP contribution in [-0.2, 0) is 4.74 Å². The molecule has 0 unspecified atom stereocenters. The van der Waals surface area contributed by atoms with Crippen LogP contribution in [0, 0.1) is 0 Å². The maximum atomic E-state index is 11.8. The summed E-state index contributed by atoms with van der Waals surface area (Å²) in [4.78, 5) is 23.6. The summed E-state index contributed by atoms with van der Waals surface area (Å²) in [5.41, 5.74) is 0.122. The van der Waals surface area contributed by atoms with E-state index in [1.54, 1.807) is 31.2 Å². The molecular formula is C11H8O3. The number of hydrogen-bond acceptors (Lipinski definition) is 3. The van der Waals surface area contributed by atoms with Gasteiger partial charge in [-0.15, -0.1) is 0 Å². The summed E-state index contributed by atoms with van der Waals surface area (Å²) in [7, 11) is 0. The standard InChI is InChI=1S/C11H8O3/c1-11-9(13)7-5-3-2-4-6(7)8(12)10(11)14-11/h2-5,10H,1H3/t10-,11-/m0/s1. The zero-order valence-electron chi connectivity index (χ0n) is 7.61. The number of ether oxygens (including phenoxy) is 1. The van der Waals surface area contributed by atoms with Crippen LogP contribution >= 0.6 is 0 Å². The van der Waals surface area contributed by atoms with E-state index in [0.717, 1.165) is 0 Å². The number of hydrogen-bond donors (Lipinski definition) is 0. The van der Waals surface area contributed by atoms with Gasteiger partial charge in [0.25, 0.3) is 0 Å². The highest BCUT2D eigenvalue weighted by Crippen LogP contribution is 2.45. The number of carbonyl (C=O) groups is 2. The Bertz CT molecular complexity index is 463. The maximum Gasteiger partial charge on any atom is 0.198 e. The Balaban J connectivity index is 2.27. The molecule has 0 spiro atoms. The van der Waals surface area contributed by atoms with Gasteiger partial charge >= 0.3 is 0 Å². The molecule has 1 aromatic rings. The van der Waals surface area contributed by atoms with Gasteiger partial charge in [-0.1, -0.05) is 24.3 Å². The van der Waals surface area contributed by atoms with Crippen molar-refractivity contribution in [2.75, 3.05) is 0 Å². The average Bonchev–Trinajstić information content (AvgIpc) is 2.89. The zero-order chi connectivity index (χ0) is 9.92. The van der Waals surface area contributed by atoms with Gasteiger partial charge in [-0.2, -0.15) is 0 Å². The third-order valence-electron chi connectivity index (χ3n) is 2.93. The molecule has 70 valence electrons. The second kappa shape index (κ2) is 2.12. The molecule has 1 aliphatic heterocycles. The number of benzene rings is 1. The third kappa shape index (κ3) is 0.715. The van der Waals surface area contributed by atoms with Gasteiger partial charge in [0.05, 0.1) is 0 Å². The fourth-order valence-electron chi connectivity index (χ4n) is 1.99. The lowest BCUT2D eigenvalue weighted by Crippen LogP contribution is -2.34. The summed E-state index contributed by atoms with van der Waals surface area (Å²) in [5.74, 6) is -0.139. The minimum Gasteiger partial charge on any atom is -0.349 e. The predicted octanol–water partition coefficient (Wildman–Crippen LogP) is 1.22. The van der Waals surface area contributed by atoms with Crippen LogP contribution in [0.5, 0.6) is 0 Å². The summed E-state index contributed by atoms with van der Waals surface area (Å²) in [6.45, 7) is 1.67. The van der Waals surface area contributed by atoms with E-state index < -0.39 is 11.7 Å². The molecule has 0 saturated carbocycles. The van der Waals surface area contributed by atoms with Crippen LogP contribution in [0.15, 0.2) is 24.3 Å². The first-order valence-corrected chi connectivity index (χ1v) is 4.50. The van der Waals surface area contributed by atoms with Gasteiger partial charge in [0.15, 0.2) is 23.3 Å². The number of Topliss-reactive ketones (excluding diaryl/α,β-unsaturated/α-hetero) is 2. The van der Waals surface area contributed by atoms with Crippen LogP contribution in [0.4, 0.5) is 0 Å². The first-order chi connectivity index (χ1) is 6.64. The van der Waals surface area contributed by atoms with Gasteiger partial charge in [-0.05, 0) is 6.92 Å². The minimum atomic E-state index is -0.870. The van der Waals surface area contributed by atoms with Gasteiger partial charge in [0.1, 0.15) is 0 Å². The number of fused-ring (bicyclic) bond motifs is 2. The summed E-state index contributed by atoms with van der Waals surface area (Å²) in [5, 5.41) is 0. The number of rotatable bonds is 0. The first-order valence-electron chi connectivity index (χ1n) is 4.50. The fraction of sp³-hybridized carbons (Fsp3) is 0.273. The van der Waals surface area contributed by atoms with Crippen molar-refractivity contribution in [3.8, 4) is 0 Å². The number of epoxide rings is 1. The van der Waals surface area contributed by atoms with Gasteiger partial charge in [0.2, 0.25) is 0 Å². The van der Waals surface area contributed by atoms with Crippen molar-refractivity contribution in [2.45, 2.75) is 18.6 Å². The predicted molar refractivity (Wildman–Crippen MR) is 48.4 cm³/mol. The SMILES string of the molecule is C[C@@]12O[C@H]1C(=O)c1ccccc1C2=O. The van der Waals surface area contributed by atoms with Crippen molar-refractivity contribution in [1.82, 2.24) is 0 Å². The first kappa shape index (κ1) is 7.88. The molecule has 0 N–H and O–H groups in total. The number of carbonyl (C=O) groups excluding carboxylic acids is 2. The summed E-state index contributed by atoms with van der Waals surface area (Å²) in [6.07, 6.45) is -0.537. The topological polar surface area (TPSA) is 46.7 Å². The van der Waals surface area contributed by atoms with Crippen molar-refractivity contribution in [2.24, 2.45) is 0 Å². The van der Waals surface area contributed by atoms with E-state index in [1.807, 2.05) is 0 Å². The van der Waals surface area contributed by atoms with Gasteiger partial charge in [-0.3, -0.25) is 9.59 Å². The smallest absolute Gasteiger partial charge is 0.198 e. The van der Waals surface area contributed by atoms with Gasteiger partial charge in [0, 0.05) is 11.1 Å². The highest BCUT2D eigenvalue weighted by atomic mass is 16.6. The lowest BCUT2D eigenvalue weighted by atomic mass is 9.83. The Morgan fingerprint density at radius 2 is 1.86 bits per heavy atom. The van der Waals surface area contributed by atoms with E-state index in [1.165, 1.54) is 0 Å². The van der Waals surface area contributed by atoms with E-state index in [2.05, 4.69) is 0 Å². The molecule has 14 heavy (non-hydrogen) atoms. The Hall–Kier alpha value is -1.48. The monoisotopic (exact) mass is 188 g/mol. The molecule has 0 bridgehead atoms. The Morgan fingerprint density at radius 1 is 1.21 bits per heavy atom. The van der Waals surface area contributed by atoms with E-state index in [9.17, 15) is 9.59 Å². The second-order valence-electron chi connectivity index (χ2n) is 3.84. The highest BCUT2D eigenvalue weighted by molar-refractivity contribution is 6.22. The van der Waals surface area contributed by atoms with Gasteiger partial charge < -0.3 is 4.74 Å². The van der Waals surface area contributed by atoms with Crippen molar-refractivity contribution in [1.29, 1.82) is 0 Å². The van der Waals surface area contributed by atoms with E-state index in [4.69, 9.17) is 4.74 Å². The van der Waals surface area contributed by atoms with E-state index in [0.29, 0.717) is 11.1 Å². The lowest BCUT2D eigenvalue weighted by Gasteiger charge is -2.14. The molecule has 1 heterocycles. The van der Waals surface area contributed by atoms with Gasteiger partial charge in [-0.25, -0.2) is 0 Å². The van der Waals surface area contributed by atoms with Crippen LogP contribution in [-0.4, -0.2) is 23.3 Å². The summed E-state index contributed by atoms with van der Waals surface area (Å²) >= 11 is 0. The average molecular weight is 188 g/mol. The van der Waals surface area contributed by atoms with E-state index >= 15 is 0 Å². The van der Waals surface area contributed by atoms with E-state index in [-0.39, 0.29) is 11.6 Å². The van der Waals surface area contributed by atoms with Crippen molar-refractivity contribution < 1.29 is 14.3 Å². The molecular weight excluding hydrogens is 180 g/mol. The molecule has 2 aliphatic rings. The molecule has 1 saturated heterocycles. The molecule has 0 aromatic heterocycles. The second-order valence-corrected chi connectivity index (χ2v) is 3.84. The molecule has 0 amide bonds. The Labute approximate surface area is 80.7 Å². The van der Waals surface area contributed by atoms with Crippen LogP contribution in [0.2, 0.25) is 0 Å². The largest absolute Gasteiger partial charge is 0.349 e. The molecule has 2 atom stereocenters. The fourth-order valence-corrected chi connectivity index (χ4v) is 1.99. The summed E-state index contributed by atoms with van der Waals surface area (Å²) in [6, 6.07) is 6.88. The van der Waals surface area contributed by atoms with Crippen LogP contribution in [0.25, 0.3) is 0 Å². The van der Waals surface area contributed by atoms with Crippen LogP contribution in [0.1, 0.15) is 27.6 Å². The minimum absolute atomic E-state index is 0.0669. The quantitative estimate of drug-likeness (QED) is 0.575. The Morgan fingerprint density at radius 3 is 2.57 bits per heavy atom. The number of ketones is 2. The lowest BCUT2D eigenvalue weighted by molar-refractivity contribution is 0.0874. The third-order valence-corrected chi connectivity index (χ3v) is 2.93. The van der Waals surface area contributed by atoms with Crippen molar-refractivity contribution >= 4 is 11.6 Å². The maximum absolute atomic E-state index is 11.8. The molecule has 1 aromatic carbocycles. The molecule has 3 nitrogen and oxygen atoms in total. The van der Waals surface area contributed by atoms with Crippen molar-refractivity contribution in [3.63, 3.8) is 0 Å².